The molecule has 4 rings (SSSR count). The molecule has 2 aromatic rings. The molecule has 2 aliphatic rings. The first kappa shape index (κ1) is 17.1. The first-order valence-electron chi connectivity index (χ1n) is 8.44. The Balaban J connectivity index is 1.56. The Labute approximate surface area is 155 Å². The van der Waals surface area contributed by atoms with Gasteiger partial charge in [0.05, 0.1) is 22.6 Å². The lowest BCUT2D eigenvalue weighted by Gasteiger charge is -2.30. The van der Waals surface area contributed by atoms with Crippen LogP contribution in [-0.4, -0.2) is 30.7 Å². The molecular formula is C19H21NO3S2. The highest BCUT2D eigenvalue weighted by molar-refractivity contribution is 8.01. The molecule has 1 aliphatic carbocycles. The standard InChI is InChI=1S/C19H21NO3S2/c1-12-19(22-2,7-8-23-12)14-10-18(24-11-14)25-15-4-5-16-13(9-15)3-6-17(16)20-21/h4-5,9-12,21H,3,6-8H2,1-2H3/t12-,19-/m1/s1. The minimum atomic E-state index is -0.320. The van der Waals surface area contributed by atoms with Crippen LogP contribution in [0.2, 0.25) is 0 Å². The summed E-state index contributed by atoms with van der Waals surface area (Å²) in [7, 11) is 1.77. The number of benzene rings is 1. The van der Waals surface area contributed by atoms with Gasteiger partial charge in [-0.25, -0.2) is 0 Å². The van der Waals surface area contributed by atoms with Crippen LogP contribution in [0.25, 0.3) is 0 Å². The number of thiophene rings is 1. The van der Waals surface area contributed by atoms with Crippen LogP contribution in [0.4, 0.5) is 0 Å². The van der Waals surface area contributed by atoms with Gasteiger partial charge in [-0.2, -0.15) is 0 Å². The third-order valence-electron chi connectivity index (χ3n) is 5.28. The van der Waals surface area contributed by atoms with E-state index in [-0.39, 0.29) is 11.7 Å². The summed E-state index contributed by atoms with van der Waals surface area (Å²) in [5.41, 5.74) is 4.03. The molecule has 0 bridgehead atoms. The van der Waals surface area contributed by atoms with Gasteiger partial charge in [-0.05, 0) is 54.5 Å². The molecule has 6 heteroatoms. The maximum Gasteiger partial charge on any atom is 0.121 e. The highest BCUT2D eigenvalue weighted by Gasteiger charge is 2.44. The van der Waals surface area contributed by atoms with E-state index in [1.54, 1.807) is 30.2 Å². The molecule has 2 heterocycles. The maximum atomic E-state index is 9.06. The summed E-state index contributed by atoms with van der Waals surface area (Å²) in [6.45, 7) is 2.83. The fourth-order valence-corrected chi connectivity index (χ4v) is 5.90. The normalized spacial score (nSPS) is 27.1. The zero-order valence-electron chi connectivity index (χ0n) is 14.3. The average molecular weight is 376 g/mol. The molecule has 0 spiro atoms. The van der Waals surface area contributed by atoms with Crippen LogP contribution >= 0.6 is 23.1 Å². The summed E-state index contributed by atoms with van der Waals surface area (Å²) in [5, 5.41) is 14.7. The van der Waals surface area contributed by atoms with Crippen LogP contribution in [0.15, 0.2) is 43.9 Å². The summed E-state index contributed by atoms with van der Waals surface area (Å²) >= 11 is 3.52. The molecule has 1 fully saturated rings. The van der Waals surface area contributed by atoms with E-state index in [2.05, 4.69) is 41.7 Å². The fourth-order valence-electron chi connectivity index (χ4n) is 3.81. The second kappa shape index (κ2) is 6.76. The Morgan fingerprint density at radius 3 is 2.96 bits per heavy atom. The van der Waals surface area contributed by atoms with Crippen LogP contribution in [0.1, 0.15) is 36.5 Å². The molecule has 2 atom stereocenters. The molecule has 1 saturated heterocycles. The minimum Gasteiger partial charge on any atom is -0.411 e. The van der Waals surface area contributed by atoms with Gasteiger partial charge in [0.1, 0.15) is 5.60 Å². The highest BCUT2D eigenvalue weighted by Crippen LogP contribution is 2.44. The monoisotopic (exact) mass is 375 g/mol. The third kappa shape index (κ3) is 2.91. The quantitative estimate of drug-likeness (QED) is 0.623. The number of nitrogens with zero attached hydrogens (tertiary/aromatic N) is 1. The Morgan fingerprint density at radius 2 is 2.24 bits per heavy atom. The number of oxime groups is 1. The lowest BCUT2D eigenvalue weighted by atomic mass is 9.90. The first-order chi connectivity index (χ1) is 12.2. The van der Waals surface area contributed by atoms with Gasteiger partial charge in [-0.3, -0.25) is 0 Å². The summed E-state index contributed by atoms with van der Waals surface area (Å²) in [4.78, 5) is 1.22. The number of hydrogen-bond acceptors (Lipinski definition) is 6. The Hall–Kier alpha value is -1.34. The lowest BCUT2D eigenvalue weighted by Crippen LogP contribution is -2.35. The Morgan fingerprint density at radius 1 is 1.36 bits per heavy atom. The third-order valence-corrected chi connectivity index (χ3v) is 7.35. The van der Waals surface area contributed by atoms with Crippen LogP contribution in [-0.2, 0) is 21.5 Å². The Bertz CT molecular complexity index is 817. The topological polar surface area (TPSA) is 51.0 Å². The highest BCUT2D eigenvalue weighted by atomic mass is 32.2. The van der Waals surface area contributed by atoms with Crippen molar-refractivity contribution < 1.29 is 14.7 Å². The maximum absolute atomic E-state index is 9.06. The molecule has 0 amide bonds. The van der Waals surface area contributed by atoms with Crippen molar-refractivity contribution in [3.8, 4) is 0 Å². The van der Waals surface area contributed by atoms with Gasteiger partial charge >= 0.3 is 0 Å². The van der Waals surface area contributed by atoms with Gasteiger partial charge in [0.15, 0.2) is 0 Å². The molecular weight excluding hydrogens is 354 g/mol. The molecule has 1 aromatic carbocycles. The number of aryl methyl sites for hydroxylation is 1. The molecule has 1 aromatic heterocycles. The second-order valence-corrected chi connectivity index (χ2v) is 8.76. The summed E-state index contributed by atoms with van der Waals surface area (Å²) in [5.74, 6) is 0. The fraction of sp³-hybridized carbons (Fsp3) is 0.421. The second-order valence-electron chi connectivity index (χ2n) is 6.48. The molecule has 25 heavy (non-hydrogen) atoms. The van der Waals surface area contributed by atoms with Crippen molar-refractivity contribution >= 4 is 28.8 Å². The predicted molar refractivity (Wildman–Crippen MR) is 100 cm³/mol. The number of fused-ring (bicyclic) bond motifs is 1. The predicted octanol–water partition coefficient (Wildman–Crippen LogP) is 4.67. The van der Waals surface area contributed by atoms with E-state index < -0.39 is 0 Å². The zero-order valence-corrected chi connectivity index (χ0v) is 16.0. The smallest absolute Gasteiger partial charge is 0.121 e. The first-order valence-corrected chi connectivity index (χ1v) is 10.1. The molecule has 0 unspecified atom stereocenters. The summed E-state index contributed by atoms with van der Waals surface area (Å²) in [6.07, 6.45) is 2.73. The molecule has 1 aliphatic heterocycles. The number of ether oxygens (including phenoxy) is 2. The van der Waals surface area contributed by atoms with E-state index >= 15 is 0 Å². The van der Waals surface area contributed by atoms with E-state index in [9.17, 15) is 0 Å². The minimum absolute atomic E-state index is 0.0705. The van der Waals surface area contributed by atoms with Gasteiger partial charge < -0.3 is 14.7 Å². The van der Waals surface area contributed by atoms with E-state index in [0.29, 0.717) is 0 Å². The Kier molecular flexibility index (Phi) is 4.62. The SMILES string of the molecule is CO[C@]1(c2csc(Sc3ccc4c(c3)CCC4=NO)c2)CCO[C@@H]1C. The van der Waals surface area contributed by atoms with E-state index in [4.69, 9.17) is 14.7 Å². The van der Waals surface area contributed by atoms with Gasteiger partial charge in [0, 0.05) is 24.0 Å². The zero-order chi connectivity index (χ0) is 17.4. The molecule has 0 saturated carbocycles. The number of methoxy groups -OCH3 is 1. The van der Waals surface area contributed by atoms with Gasteiger partial charge in [-0.1, -0.05) is 23.0 Å². The lowest BCUT2D eigenvalue weighted by molar-refractivity contribution is -0.0645. The molecule has 1 N–H and O–H groups in total. The van der Waals surface area contributed by atoms with E-state index in [0.717, 1.165) is 37.1 Å². The molecule has 0 radical (unpaired) electrons. The largest absolute Gasteiger partial charge is 0.411 e. The summed E-state index contributed by atoms with van der Waals surface area (Å²) < 4.78 is 12.9. The van der Waals surface area contributed by atoms with Crippen LogP contribution in [0.5, 0.6) is 0 Å². The van der Waals surface area contributed by atoms with Gasteiger partial charge in [-0.15, -0.1) is 11.3 Å². The van der Waals surface area contributed by atoms with Crippen molar-refractivity contribution in [1.82, 2.24) is 0 Å². The average Bonchev–Trinajstić information content (AvgIpc) is 3.33. The number of hydrogen-bond donors (Lipinski definition) is 1. The van der Waals surface area contributed by atoms with Crippen LogP contribution in [0, 0.1) is 0 Å². The van der Waals surface area contributed by atoms with E-state index in [1.807, 2.05) is 0 Å². The van der Waals surface area contributed by atoms with Gasteiger partial charge in [0.25, 0.3) is 0 Å². The molecule has 132 valence electrons. The van der Waals surface area contributed by atoms with Gasteiger partial charge in [0.2, 0.25) is 0 Å². The van der Waals surface area contributed by atoms with Crippen LogP contribution < -0.4 is 0 Å². The van der Waals surface area contributed by atoms with Crippen molar-refractivity contribution in [1.29, 1.82) is 0 Å². The summed E-state index contributed by atoms with van der Waals surface area (Å²) in [6, 6.07) is 8.62. The molecule has 4 nitrogen and oxygen atoms in total. The van der Waals surface area contributed by atoms with Crippen molar-refractivity contribution in [3.05, 3.63) is 46.3 Å². The van der Waals surface area contributed by atoms with Crippen molar-refractivity contribution in [3.63, 3.8) is 0 Å². The van der Waals surface area contributed by atoms with Crippen LogP contribution in [0.3, 0.4) is 0 Å². The van der Waals surface area contributed by atoms with E-state index in [1.165, 1.54) is 20.2 Å². The number of rotatable bonds is 4. The van der Waals surface area contributed by atoms with Crippen molar-refractivity contribution in [2.45, 2.75) is 47.0 Å². The van der Waals surface area contributed by atoms with Crippen molar-refractivity contribution in [2.75, 3.05) is 13.7 Å². The van der Waals surface area contributed by atoms with Crippen molar-refractivity contribution in [2.24, 2.45) is 5.16 Å².